The summed E-state index contributed by atoms with van der Waals surface area (Å²) in [6.45, 7) is 0.661. The average molecular weight is 355 g/mol. The smallest absolute Gasteiger partial charge is 0.173 e. The van der Waals surface area contributed by atoms with Crippen LogP contribution in [0, 0.1) is 11.6 Å². The van der Waals surface area contributed by atoms with Gasteiger partial charge in [0.25, 0.3) is 0 Å². The molecule has 1 unspecified atom stereocenters. The number of nitrogens with two attached hydrogens (primary N) is 1. The maximum atomic E-state index is 13.7. The molecule has 0 bridgehead atoms. The molecule has 0 aromatic heterocycles. The molecule has 2 aromatic rings. The predicted octanol–water partition coefficient (Wildman–Crippen LogP) is 3.21. The van der Waals surface area contributed by atoms with Crippen LogP contribution in [0.15, 0.2) is 34.8 Å². The summed E-state index contributed by atoms with van der Waals surface area (Å²) in [4.78, 5) is 0. The van der Waals surface area contributed by atoms with E-state index in [4.69, 9.17) is 10.6 Å². The van der Waals surface area contributed by atoms with Crippen molar-refractivity contribution in [1.29, 1.82) is 0 Å². The summed E-state index contributed by atoms with van der Waals surface area (Å²) >= 11 is 3.10. The van der Waals surface area contributed by atoms with Gasteiger partial charge in [0.2, 0.25) is 0 Å². The summed E-state index contributed by atoms with van der Waals surface area (Å²) in [7, 11) is 0. The Morgan fingerprint density at radius 2 is 2.05 bits per heavy atom. The quantitative estimate of drug-likeness (QED) is 0.505. The van der Waals surface area contributed by atoms with Gasteiger partial charge in [0.05, 0.1) is 17.1 Å². The number of fused-ring (bicyclic) bond motifs is 1. The highest BCUT2D eigenvalue weighted by molar-refractivity contribution is 9.10. The number of rotatable bonds is 3. The summed E-state index contributed by atoms with van der Waals surface area (Å²) in [5, 5.41) is 0. The van der Waals surface area contributed by atoms with Gasteiger partial charge in [-0.3, -0.25) is 5.84 Å². The standard InChI is InChI=1S/C15H13BrF2N2O/c16-13-10(2-3-11(17)14(13)18)15(20-19)9-1-4-12-8(7-9)5-6-21-12/h1-4,7,15,20H,5-6,19H2. The van der Waals surface area contributed by atoms with Crippen LogP contribution in [0.3, 0.4) is 0 Å². The van der Waals surface area contributed by atoms with Crippen molar-refractivity contribution in [2.75, 3.05) is 6.61 Å². The van der Waals surface area contributed by atoms with Crippen molar-refractivity contribution in [3.05, 3.63) is 63.1 Å². The molecule has 1 heterocycles. The number of halogens is 3. The number of nitrogens with one attached hydrogen (secondary N) is 1. The minimum atomic E-state index is -0.919. The molecule has 6 heteroatoms. The monoisotopic (exact) mass is 354 g/mol. The van der Waals surface area contributed by atoms with Gasteiger partial charge in [-0.05, 0) is 44.8 Å². The lowest BCUT2D eigenvalue weighted by Crippen LogP contribution is -2.29. The zero-order chi connectivity index (χ0) is 15.0. The Kier molecular flexibility index (Phi) is 3.93. The maximum Gasteiger partial charge on any atom is 0.173 e. The number of hydrogen-bond donors (Lipinski definition) is 2. The van der Waals surface area contributed by atoms with E-state index in [1.807, 2.05) is 18.2 Å². The van der Waals surface area contributed by atoms with E-state index in [0.717, 1.165) is 29.4 Å². The van der Waals surface area contributed by atoms with Gasteiger partial charge in [0.1, 0.15) is 5.75 Å². The lowest BCUT2D eigenvalue weighted by molar-refractivity contribution is 0.357. The molecule has 1 aliphatic heterocycles. The first-order chi connectivity index (χ1) is 10.1. The van der Waals surface area contributed by atoms with Crippen LogP contribution in [-0.2, 0) is 6.42 Å². The molecule has 0 spiro atoms. The second-order valence-electron chi connectivity index (χ2n) is 4.83. The second-order valence-corrected chi connectivity index (χ2v) is 5.62. The molecule has 21 heavy (non-hydrogen) atoms. The van der Waals surface area contributed by atoms with Crippen LogP contribution < -0.4 is 16.0 Å². The first-order valence-corrected chi connectivity index (χ1v) is 7.26. The summed E-state index contributed by atoms with van der Waals surface area (Å²) in [6, 6.07) is 7.87. The fourth-order valence-corrected chi connectivity index (χ4v) is 3.07. The van der Waals surface area contributed by atoms with Crippen molar-refractivity contribution >= 4 is 15.9 Å². The molecule has 3 nitrogen and oxygen atoms in total. The lowest BCUT2D eigenvalue weighted by atomic mass is 9.97. The van der Waals surface area contributed by atoms with Crippen molar-refractivity contribution in [2.24, 2.45) is 5.84 Å². The Morgan fingerprint density at radius 1 is 1.24 bits per heavy atom. The van der Waals surface area contributed by atoms with Crippen molar-refractivity contribution < 1.29 is 13.5 Å². The minimum Gasteiger partial charge on any atom is -0.493 e. The van der Waals surface area contributed by atoms with E-state index < -0.39 is 17.7 Å². The van der Waals surface area contributed by atoms with Gasteiger partial charge in [-0.2, -0.15) is 0 Å². The van der Waals surface area contributed by atoms with E-state index in [9.17, 15) is 8.78 Å². The van der Waals surface area contributed by atoms with Gasteiger partial charge in [0.15, 0.2) is 11.6 Å². The van der Waals surface area contributed by atoms with Crippen LogP contribution in [0.2, 0.25) is 0 Å². The van der Waals surface area contributed by atoms with Crippen molar-refractivity contribution in [3.8, 4) is 5.75 Å². The number of hydrazine groups is 1. The van der Waals surface area contributed by atoms with Crippen LogP contribution in [0.5, 0.6) is 5.75 Å². The highest BCUT2D eigenvalue weighted by Gasteiger charge is 2.22. The van der Waals surface area contributed by atoms with Crippen LogP contribution in [-0.4, -0.2) is 6.61 Å². The molecule has 0 saturated heterocycles. The van der Waals surface area contributed by atoms with Gasteiger partial charge < -0.3 is 4.74 Å². The van der Waals surface area contributed by atoms with Crippen LogP contribution in [0.1, 0.15) is 22.7 Å². The van der Waals surface area contributed by atoms with Crippen LogP contribution in [0.25, 0.3) is 0 Å². The van der Waals surface area contributed by atoms with E-state index >= 15 is 0 Å². The third-order valence-electron chi connectivity index (χ3n) is 3.59. The molecule has 3 N–H and O–H groups in total. The summed E-state index contributed by atoms with van der Waals surface area (Å²) in [6.07, 6.45) is 0.833. The molecule has 0 aliphatic carbocycles. The molecule has 0 amide bonds. The Hall–Kier alpha value is -1.50. The normalized spacial score (nSPS) is 14.7. The van der Waals surface area contributed by atoms with Gasteiger partial charge in [0, 0.05) is 6.42 Å². The maximum absolute atomic E-state index is 13.7. The molecule has 1 aliphatic rings. The van der Waals surface area contributed by atoms with Gasteiger partial charge in [-0.1, -0.05) is 18.2 Å². The lowest BCUT2D eigenvalue weighted by Gasteiger charge is -2.19. The van der Waals surface area contributed by atoms with E-state index in [2.05, 4.69) is 21.4 Å². The molecule has 0 fully saturated rings. The van der Waals surface area contributed by atoms with Crippen molar-refractivity contribution in [1.82, 2.24) is 5.43 Å². The molecule has 0 radical (unpaired) electrons. The Bertz CT molecular complexity index is 694. The molecular weight excluding hydrogens is 342 g/mol. The van der Waals surface area contributed by atoms with Crippen molar-refractivity contribution in [3.63, 3.8) is 0 Å². The molecule has 0 saturated carbocycles. The Labute approximate surface area is 129 Å². The number of benzene rings is 2. The first kappa shape index (κ1) is 14.4. The summed E-state index contributed by atoms with van der Waals surface area (Å²) in [5.74, 6) is 4.66. The molecule has 1 atom stereocenters. The summed E-state index contributed by atoms with van der Waals surface area (Å²) in [5.41, 5.74) is 5.15. The molecule has 3 rings (SSSR count). The van der Waals surface area contributed by atoms with E-state index in [1.54, 1.807) is 0 Å². The average Bonchev–Trinajstić information content (AvgIpc) is 2.95. The second kappa shape index (κ2) is 5.71. The third kappa shape index (κ3) is 2.54. The Balaban J connectivity index is 2.05. The molecule has 2 aromatic carbocycles. The van der Waals surface area contributed by atoms with Crippen molar-refractivity contribution in [2.45, 2.75) is 12.5 Å². The van der Waals surface area contributed by atoms with Gasteiger partial charge >= 0.3 is 0 Å². The topological polar surface area (TPSA) is 47.3 Å². The fourth-order valence-electron chi connectivity index (χ4n) is 2.52. The third-order valence-corrected chi connectivity index (χ3v) is 4.40. The van der Waals surface area contributed by atoms with E-state index in [-0.39, 0.29) is 4.47 Å². The fraction of sp³-hybridized carbons (Fsp3) is 0.200. The molecular formula is C15H13BrF2N2O. The minimum absolute atomic E-state index is 0.0715. The zero-order valence-corrected chi connectivity index (χ0v) is 12.6. The molecule has 110 valence electrons. The van der Waals surface area contributed by atoms with Crippen LogP contribution in [0.4, 0.5) is 8.78 Å². The van der Waals surface area contributed by atoms with E-state index in [0.29, 0.717) is 12.2 Å². The largest absolute Gasteiger partial charge is 0.493 e. The highest BCUT2D eigenvalue weighted by atomic mass is 79.9. The van der Waals surface area contributed by atoms with E-state index in [1.165, 1.54) is 6.07 Å². The first-order valence-electron chi connectivity index (χ1n) is 6.47. The van der Waals surface area contributed by atoms with Gasteiger partial charge in [-0.15, -0.1) is 0 Å². The summed E-state index contributed by atoms with van der Waals surface area (Å²) < 4.78 is 32.5. The number of ether oxygens (including phenoxy) is 1. The number of hydrogen-bond acceptors (Lipinski definition) is 3. The Morgan fingerprint density at radius 3 is 2.81 bits per heavy atom. The SMILES string of the molecule is NNC(c1ccc2c(c1)CCO2)c1ccc(F)c(F)c1Br. The zero-order valence-electron chi connectivity index (χ0n) is 11.0. The van der Waals surface area contributed by atoms with Gasteiger partial charge in [-0.25, -0.2) is 14.2 Å². The van der Waals surface area contributed by atoms with Crippen LogP contribution >= 0.6 is 15.9 Å². The predicted molar refractivity (Wildman–Crippen MR) is 78.9 cm³/mol. The highest BCUT2D eigenvalue weighted by Crippen LogP contribution is 2.34.